The Balaban J connectivity index is 1.57. The van der Waals surface area contributed by atoms with E-state index in [0.717, 1.165) is 16.7 Å². The lowest BCUT2D eigenvalue weighted by Gasteiger charge is -2.08. The lowest BCUT2D eigenvalue weighted by molar-refractivity contribution is 0.102. The number of nitrogens with zero attached hydrogens (tertiary/aromatic N) is 1. The number of carbonyl (C=O) groups is 1. The first-order valence-corrected chi connectivity index (χ1v) is 8.73. The third-order valence-electron chi connectivity index (χ3n) is 4.07. The molecular formula is C22H18N2O3. The van der Waals surface area contributed by atoms with E-state index in [0.29, 0.717) is 29.5 Å². The van der Waals surface area contributed by atoms with Crippen LogP contribution in [0.1, 0.15) is 17.3 Å². The van der Waals surface area contributed by atoms with Crippen molar-refractivity contribution in [3.05, 3.63) is 78.4 Å². The number of oxazole rings is 1. The van der Waals surface area contributed by atoms with Crippen LogP contribution < -0.4 is 10.1 Å². The van der Waals surface area contributed by atoms with E-state index in [1.54, 1.807) is 18.2 Å². The second kappa shape index (κ2) is 7.33. The van der Waals surface area contributed by atoms with Crippen LogP contribution >= 0.6 is 0 Å². The fraction of sp³-hybridized carbons (Fsp3) is 0.0909. The van der Waals surface area contributed by atoms with E-state index in [1.165, 1.54) is 0 Å². The van der Waals surface area contributed by atoms with E-state index in [2.05, 4.69) is 10.3 Å². The minimum Gasteiger partial charge on any atom is -0.494 e. The van der Waals surface area contributed by atoms with Gasteiger partial charge in [-0.1, -0.05) is 24.3 Å². The number of carbonyl (C=O) groups excluding carboxylic acids is 1. The van der Waals surface area contributed by atoms with Crippen molar-refractivity contribution in [1.29, 1.82) is 0 Å². The number of rotatable bonds is 5. The molecule has 5 nitrogen and oxygen atoms in total. The maximum atomic E-state index is 12.6. The fourth-order valence-electron chi connectivity index (χ4n) is 2.82. The SMILES string of the molecule is CCOc1cccc(C(=O)Nc2cccc(-c3nc4ccccc4o3)c2)c1. The molecular weight excluding hydrogens is 340 g/mol. The molecule has 1 amide bonds. The average molecular weight is 358 g/mol. The molecule has 0 aliphatic rings. The molecule has 0 saturated heterocycles. The standard InChI is InChI=1S/C22H18N2O3/c1-2-26-18-10-6-7-15(14-18)21(25)23-17-9-5-8-16(13-17)22-24-19-11-3-4-12-20(19)27-22/h3-14H,2H2,1H3,(H,23,25). The lowest BCUT2D eigenvalue weighted by atomic mass is 10.1. The molecule has 3 aromatic carbocycles. The summed E-state index contributed by atoms with van der Waals surface area (Å²) in [5.74, 6) is 0.988. The Morgan fingerprint density at radius 3 is 2.74 bits per heavy atom. The molecule has 27 heavy (non-hydrogen) atoms. The number of hydrogen-bond acceptors (Lipinski definition) is 4. The number of nitrogens with one attached hydrogen (secondary N) is 1. The highest BCUT2D eigenvalue weighted by Crippen LogP contribution is 2.26. The Hall–Kier alpha value is -3.60. The van der Waals surface area contributed by atoms with E-state index >= 15 is 0 Å². The number of hydrogen-bond donors (Lipinski definition) is 1. The van der Waals surface area contributed by atoms with Crippen molar-refractivity contribution in [2.45, 2.75) is 6.92 Å². The Kier molecular flexibility index (Phi) is 4.58. The van der Waals surface area contributed by atoms with Crippen LogP contribution in [0.25, 0.3) is 22.6 Å². The maximum absolute atomic E-state index is 12.6. The highest BCUT2D eigenvalue weighted by molar-refractivity contribution is 6.04. The molecule has 0 spiro atoms. The Bertz CT molecular complexity index is 1070. The summed E-state index contributed by atoms with van der Waals surface area (Å²) in [5, 5.41) is 2.91. The molecule has 0 radical (unpaired) electrons. The van der Waals surface area contributed by atoms with Crippen molar-refractivity contribution < 1.29 is 13.9 Å². The van der Waals surface area contributed by atoms with Gasteiger partial charge in [0.05, 0.1) is 6.61 Å². The monoisotopic (exact) mass is 358 g/mol. The fourth-order valence-corrected chi connectivity index (χ4v) is 2.82. The first-order chi connectivity index (χ1) is 13.2. The molecule has 1 heterocycles. The Morgan fingerprint density at radius 1 is 1.04 bits per heavy atom. The highest BCUT2D eigenvalue weighted by Gasteiger charge is 2.11. The predicted molar refractivity (Wildman–Crippen MR) is 105 cm³/mol. The Morgan fingerprint density at radius 2 is 1.89 bits per heavy atom. The zero-order chi connectivity index (χ0) is 18.6. The molecule has 0 bridgehead atoms. The number of para-hydroxylation sites is 2. The smallest absolute Gasteiger partial charge is 0.255 e. The third-order valence-corrected chi connectivity index (χ3v) is 4.07. The summed E-state index contributed by atoms with van der Waals surface area (Å²) < 4.78 is 11.3. The molecule has 4 aromatic rings. The highest BCUT2D eigenvalue weighted by atomic mass is 16.5. The van der Waals surface area contributed by atoms with Crippen molar-refractivity contribution in [2.75, 3.05) is 11.9 Å². The van der Waals surface area contributed by atoms with Crippen LogP contribution in [-0.2, 0) is 0 Å². The largest absolute Gasteiger partial charge is 0.494 e. The minimum absolute atomic E-state index is 0.203. The van der Waals surface area contributed by atoms with Gasteiger partial charge in [-0.2, -0.15) is 0 Å². The van der Waals surface area contributed by atoms with Gasteiger partial charge in [-0.25, -0.2) is 4.98 Å². The normalized spacial score (nSPS) is 10.7. The predicted octanol–water partition coefficient (Wildman–Crippen LogP) is 5.15. The molecule has 1 N–H and O–H groups in total. The molecule has 1 aromatic heterocycles. The molecule has 5 heteroatoms. The van der Waals surface area contributed by atoms with Crippen LogP contribution in [0.2, 0.25) is 0 Å². The van der Waals surface area contributed by atoms with E-state index in [9.17, 15) is 4.79 Å². The molecule has 0 aliphatic heterocycles. The van der Waals surface area contributed by atoms with Crippen LogP contribution in [0.5, 0.6) is 5.75 Å². The molecule has 4 rings (SSSR count). The van der Waals surface area contributed by atoms with Crippen LogP contribution in [0, 0.1) is 0 Å². The van der Waals surface area contributed by atoms with E-state index in [-0.39, 0.29) is 5.91 Å². The molecule has 0 saturated carbocycles. The number of benzene rings is 3. The summed E-state index contributed by atoms with van der Waals surface area (Å²) in [6, 6.07) is 22.1. The maximum Gasteiger partial charge on any atom is 0.255 e. The summed E-state index contributed by atoms with van der Waals surface area (Å²) in [4.78, 5) is 17.1. The van der Waals surface area contributed by atoms with Gasteiger partial charge in [0.15, 0.2) is 5.58 Å². The van der Waals surface area contributed by atoms with Crippen LogP contribution in [-0.4, -0.2) is 17.5 Å². The summed E-state index contributed by atoms with van der Waals surface area (Å²) >= 11 is 0. The van der Waals surface area contributed by atoms with Crippen molar-refractivity contribution in [3.8, 4) is 17.2 Å². The topological polar surface area (TPSA) is 64.4 Å². The van der Waals surface area contributed by atoms with Gasteiger partial charge in [-0.15, -0.1) is 0 Å². The first kappa shape index (κ1) is 16.8. The van der Waals surface area contributed by atoms with Gasteiger partial charge in [0.1, 0.15) is 11.3 Å². The number of aromatic nitrogens is 1. The summed E-state index contributed by atoms with van der Waals surface area (Å²) in [5.41, 5.74) is 3.53. The van der Waals surface area contributed by atoms with Gasteiger partial charge in [0, 0.05) is 16.8 Å². The lowest BCUT2D eigenvalue weighted by Crippen LogP contribution is -2.12. The zero-order valence-corrected chi connectivity index (χ0v) is 14.8. The first-order valence-electron chi connectivity index (χ1n) is 8.73. The quantitative estimate of drug-likeness (QED) is 0.536. The van der Waals surface area contributed by atoms with Crippen LogP contribution in [0.4, 0.5) is 5.69 Å². The molecule has 0 atom stereocenters. The van der Waals surface area contributed by atoms with E-state index in [4.69, 9.17) is 9.15 Å². The molecule has 134 valence electrons. The summed E-state index contributed by atoms with van der Waals surface area (Å²) in [7, 11) is 0. The van der Waals surface area contributed by atoms with Gasteiger partial charge in [0.25, 0.3) is 5.91 Å². The molecule has 0 aliphatic carbocycles. The van der Waals surface area contributed by atoms with Gasteiger partial charge >= 0.3 is 0 Å². The van der Waals surface area contributed by atoms with E-state index < -0.39 is 0 Å². The molecule has 0 fully saturated rings. The Labute approximate surface area is 156 Å². The van der Waals surface area contributed by atoms with Gasteiger partial charge < -0.3 is 14.5 Å². The van der Waals surface area contributed by atoms with Crippen molar-refractivity contribution in [1.82, 2.24) is 4.98 Å². The number of amides is 1. The van der Waals surface area contributed by atoms with E-state index in [1.807, 2.05) is 61.5 Å². The molecule has 0 unspecified atom stereocenters. The number of ether oxygens (including phenoxy) is 1. The van der Waals surface area contributed by atoms with Crippen molar-refractivity contribution in [2.24, 2.45) is 0 Å². The summed E-state index contributed by atoms with van der Waals surface area (Å²) in [6.45, 7) is 2.46. The average Bonchev–Trinajstić information content (AvgIpc) is 3.13. The van der Waals surface area contributed by atoms with Gasteiger partial charge in [-0.3, -0.25) is 4.79 Å². The zero-order valence-electron chi connectivity index (χ0n) is 14.8. The number of fused-ring (bicyclic) bond motifs is 1. The van der Waals surface area contributed by atoms with Crippen LogP contribution in [0.3, 0.4) is 0 Å². The second-order valence-corrected chi connectivity index (χ2v) is 5.98. The van der Waals surface area contributed by atoms with Gasteiger partial charge in [0.2, 0.25) is 5.89 Å². The second-order valence-electron chi connectivity index (χ2n) is 5.98. The number of anilines is 1. The van der Waals surface area contributed by atoms with Gasteiger partial charge in [-0.05, 0) is 55.5 Å². The summed E-state index contributed by atoms with van der Waals surface area (Å²) in [6.07, 6.45) is 0. The minimum atomic E-state index is -0.203. The van der Waals surface area contributed by atoms with Crippen molar-refractivity contribution in [3.63, 3.8) is 0 Å². The third kappa shape index (κ3) is 3.67. The van der Waals surface area contributed by atoms with Crippen molar-refractivity contribution >= 4 is 22.7 Å². The van der Waals surface area contributed by atoms with Crippen LogP contribution in [0.15, 0.2) is 77.2 Å².